The molecule has 5 aromatic carbocycles. The van der Waals surface area contributed by atoms with Crippen molar-refractivity contribution in [2.75, 3.05) is 67.2 Å². The summed E-state index contributed by atoms with van der Waals surface area (Å²) in [6.45, 7) is 0.445. The number of likely N-dealkylation sites (N-methyl/N-ethyl adjacent to an activating group) is 2. The number of nitrogens with one attached hydrogen (secondary N) is 1. The third kappa shape index (κ3) is 11.9. The lowest BCUT2D eigenvalue weighted by atomic mass is 9.95. The van der Waals surface area contributed by atoms with E-state index in [0.717, 1.165) is 27.8 Å². The van der Waals surface area contributed by atoms with Crippen LogP contribution in [0, 0.1) is 0 Å². The molecule has 24 heteroatoms. The van der Waals surface area contributed by atoms with Gasteiger partial charge < -0.3 is 56.1 Å². The first kappa shape index (κ1) is 54.3. The van der Waals surface area contributed by atoms with E-state index in [4.69, 9.17) is 54.4 Å². The van der Waals surface area contributed by atoms with Crippen molar-refractivity contribution >= 4 is 117 Å². The molecule has 0 saturated heterocycles. The molecule has 0 spiro atoms. The van der Waals surface area contributed by atoms with E-state index in [1.54, 1.807) is 83.8 Å². The normalized spacial score (nSPS) is 15.7. The van der Waals surface area contributed by atoms with Gasteiger partial charge in [0.2, 0.25) is 11.8 Å². The minimum absolute atomic E-state index is 0.0614. The largest absolute Gasteiger partial charge is 0.524 e. The number of amides is 6. The summed E-state index contributed by atoms with van der Waals surface area (Å²) in [6, 6.07) is 25.5. The minimum atomic E-state index is -4.98. The molecule has 0 saturated carbocycles. The van der Waals surface area contributed by atoms with Crippen LogP contribution in [0.5, 0.6) is 11.5 Å². The lowest BCUT2D eigenvalue weighted by Gasteiger charge is -2.23. The summed E-state index contributed by atoms with van der Waals surface area (Å²) in [6.07, 6.45) is -1.03. The molecule has 2 aliphatic rings. The number of ether oxygens (including phenoxy) is 2. The van der Waals surface area contributed by atoms with Crippen molar-refractivity contribution in [1.82, 2.24) is 9.80 Å². The van der Waals surface area contributed by atoms with Gasteiger partial charge in [0.15, 0.2) is 0 Å². The summed E-state index contributed by atoms with van der Waals surface area (Å²) < 4.78 is 28.6. The number of carbonyl (C=O) groups excluding carboxylic acids is 6. The summed E-state index contributed by atoms with van der Waals surface area (Å²) >= 11 is 14.0. The topological polar surface area (TPSA) is 291 Å². The number of phosphoric ester groups is 1. The number of thiophene rings is 1. The fourth-order valence-electron chi connectivity index (χ4n) is 9.17. The SMILES string of the molecule is CN(CCN(C)C(=O)Oc1cc2c(c3ccccc13)[C@H](CCl)CN2C(=O)c1ccc(C(=O)N2C[C@@H](CCl)c3c2cc(OP(=O)(O)O)c2ccccc32)s1)C(=O)OCc1ccc(N[C@@H](CCC(N)C(N)=O)C(N)=O)cc1. The predicted octanol–water partition coefficient (Wildman–Crippen LogP) is 7.05. The van der Waals surface area contributed by atoms with E-state index < -0.39 is 55.7 Å². The van der Waals surface area contributed by atoms with Crippen molar-refractivity contribution in [3.05, 3.63) is 124 Å². The van der Waals surface area contributed by atoms with Crippen LogP contribution < -0.4 is 41.6 Å². The van der Waals surface area contributed by atoms with Gasteiger partial charge in [0.1, 0.15) is 24.1 Å². The van der Waals surface area contributed by atoms with Gasteiger partial charge in [-0.05, 0) is 64.6 Å². The van der Waals surface area contributed by atoms with Crippen LogP contribution >= 0.6 is 42.4 Å². The van der Waals surface area contributed by atoms with Crippen LogP contribution in [0.1, 0.15) is 60.7 Å². The number of halogens is 2. The second kappa shape index (κ2) is 22.9. The van der Waals surface area contributed by atoms with Gasteiger partial charge >= 0.3 is 20.0 Å². The summed E-state index contributed by atoms with van der Waals surface area (Å²) in [5.74, 6) is -2.37. The van der Waals surface area contributed by atoms with Gasteiger partial charge in [-0.2, -0.15) is 0 Å². The van der Waals surface area contributed by atoms with Gasteiger partial charge in [0.05, 0.1) is 27.2 Å². The minimum Gasteiger partial charge on any atom is -0.445 e. The van der Waals surface area contributed by atoms with Gasteiger partial charge in [-0.3, -0.25) is 29.0 Å². The Bertz CT molecular complexity index is 3250. The summed E-state index contributed by atoms with van der Waals surface area (Å²) in [7, 11) is -1.94. The highest BCUT2D eigenvalue weighted by Crippen LogP contribution is 2.50. The number of nitrogens with two attached hydrogens (primary N) is 3. The second-order valence-electron chi connectivity index (χ2n) is 18.1. The third-order valence-corrected chi connectivity index (χ3v) is 15.3. The number of fused-ring (bicyclic) bond motifs is 6. The Hall–Kier alpha value is -6.97. The molecule has 3 heterocycles. The van der Waals surface area contributed by atoms with Crippen molar-refractivity contribution in [3.8, 4) is 11.5 Å². The van der Waals surface area contributed by atoms with Crippen LogP contribution in [0.15, 0.2) is 97.1 Å². The lowest BCUT2D eigenvalue weighted by molar-refractivity contribution is -0.121. The number of benzene rings is 5. The monoisotopic (exact) mass is 1100 g/mol. The van der Waals surface area contributed by atoms with E-state index in [1.165, 1.54) is 34.9 Å². The summed E-state index contributed by atoms with van der Waals surface area (Å²) in [5.41, 5.74) is 20.0. The van der Waals surface area contributed by atoms with Crippen molar-refractivity contribution in [3.63, 3.8) is 0 Å². The first-order chi connectivity index (χ1) is 35.8. The van der Waals surface area contributed by atoms with Gasteiger partial charge in [-0.1, -0.05) is 60.7 Å². The highest BCUT2D eigenvalue weighted by molar-refractivity contribution is 7.46. The number of carbonyl (C=O) groups is 6. The van der Waals surface area contributed by atoms with Gasteiger partial charge in [0, 0.05) is 92.5 Å². The smallest absolute Gasteiger partial charge is 0.445 e. The molecule has 6 aromatic rings. The van der Waals surface area contributed by atoms with Crippen LogP contribution in [0.25, 0.3) is 21.5 Å². The molecular weight excluding hydrogens is 1050 g/mol. The van der Waals surface area contributed by atoms with E-state index in [2.05, 4.69) is 5.32 Å². The van der Waals surface area contributed by atoms with Crippen molar-refractivity contribution in [2.24, 2.45) is 17.2 Å². The number of rotatable bonds is 19. The standard InChI is InChI=1S/C51H53Cl2N8O12PS/c1-58(50(66)71-27-28-11-13-31(14-12-28)57-37(47(56)63)16-15-36(54)46(55)62)19-20-59(2)51(67)72-40-21-38-44(34-9-5-3-7-32(34)40)29(23-52)25-60(38)48(64)42-17-18-43(75-42)49(65)61-26-30(24-53)45-35-10-6-4-8-33(35)41(22-39(45)61)73-74(68,69)70/h3-14,17-18,21-22,29-30,36-37,57H,15-16,19-20,23-27,54H2,1-2H3,(H2,55,62)(H2,56,63)(H2,68,69,70)/t29-,30-,36?,37+/m1/s1. The highest BCUT2D eigenvalue weighted by Gasteiger charge is 2.39. The molecule has 1 unspecified atom stereocenters. The molecular formula is C51H53Cl2N8O12PS. The van der Waals surface area contributed by atoms with Crippen LogP contribution in [-0.2, 0) is 25.5 Å². The number of alkyl halides is 2. The number of hydrogen-bond donors (Lipinski definition) is 6. The molecule has 6 amide bonds. The van der Waals surface area contributed by atoms with E-state index in [0.29, 0.717) is 38.8 Å². The highest BCUT2D eigenvalue weighted by atomic mass is 35.5. The molecule has 2 aliphatic heterocycles. The molecule has 0 bridgehead atoms. The maximum Gasteiger partial charge on any atom is 0.524 e. The number of anilines is 3. The fraction of sp³-hybridized carbons (Fsp3) is 0.294. The van der Waals surface area contributed by atoms with E-state index in [1.807, 2.05) is 12.1 Å². The molecule has 0 aliphatic carbocycles. The zero-order valence-corrected chi connectivity index (χ0v) is 43.7. The molecule has 75 heavy (non-hydrogen) atoms. The van der Waals surface area contributed by atoms with Gasteiger partial charge in [0.25, 0.3) is 11.8 Å². The first-order valence-electron chi connectivity index (χ1n) is 23.5. The number of primary amides is 2. The molecule has 8 rings (SSSR count). The van der Waals surface area contributed by atoms with Crippen molar-refractivity contribution in [2.45, 2.75) is 43.4 Å². The Kier molecular flexibility index (Phi) is 16.6. The molecule has 20 nitrogen and oxygen atoms in total. The van der Waals surface area contributed by atoms with Gasteiger partial charge in [-0.25, -0.2) is 14.2 Å². The fourth-order valence-corrected chi connectivity index (χ4v) is 11.0. The quantitative estimate of drug-likeness (QED) is 0.0350. The molecule has 394 valence electrons. The van der Waals surface area contributed by atoms with E-state index >= 15 is 0 Å². The number of nitrogens with zero attached hydrogens (tertiary/aromatic N) is 4. The van der Waals surface area contributed by atoms with Crippen molar-refractivity contribution < 1.29 is 57.1 Å². The Balaban J connectivity index is 0.923. The predicted molar refractivity (Wildman–Crippen MR) is 286 cm³/mol. The van der Waals surface area contributed by atoms with Gasteiger partial charge in [-0.15, -0.1) is 34.5 Å². The van der Waals surface area contributed by atoms with Crippen LogP contribution in [0.2, 0.25) is 0 Å². The molecule has 9 N–H and O–H groups in total. The second-order valence-corrected chi connectivity index (χ2v) is 21.0. The zero-order chi connectivity index (χ0) is 53.9. The average molecular weight is 1100 g/mol. The maximum absolute atomic E-state index is 14.6. The van der Waals surface area contributed by atoms with Crippen molar-refractivity contribution in [1.29, 1.82) is 0 Å². The number of phosphoric acid groups is 1. The first-order valence-corrected chi connectivity index (χ1v) is 26.9. The summed E-state index contributed by atoms with van der Waals surface area (Å²) in [5, 5.41) is 5.42. The van der Waals surface area contributed by atoms with Crippen LogP contribution in [0.4, 0.5) is 26.7 Å². The Morgan fingerprint density at radius 3 is 1.71 bits per heavy atom. The molecule has 0 radical (unpaired) electrons. The Morgan fingerprint density at radius 2 is 1.21 bits per heavy atom. The molecule has 4 atom stereocenters. The molecule has 0 fully saturated rings. The Labute approximate surface area is 444 Å². The lowest BCUT2D eigenvalue weighted by Crippen LogP contribution is -2.40. The van der Waals surface area contributed by atoms with E-state index in [-0.39, 0.29) is 90.5 Å². The molecule has 1 aromatic heterocycles. The Morgan fingerprint density at radius 1 is 0.720 bits per heavy atom. The zero-order valence-electron chi connectivity index (χ0n) is 40.5. The van der Waals surface area contributed by atoms with Crippen LogP contribution in [-0.4, -0.2) is 120 Å². The van der Waals surface area contributed by atoms with E-state index in [9.17, 15) is 43.1 Å². The third-order valence-electron chi connectivity index (χ3n) is 13.1. The maximum atomic E-state index is 14.6. The average Bonchev–Trinajstić information content (AvgIpc) is 4.15. The summed E-state index contributed by atoms with van der Waals surface area (Å²) in [4.78, 5) is 104. The van der Waals surface area contributed by atoms with Crippen LogP contribution in [0.3, 0.4) is 0 Å². The number of hydrogen-bond acceptors (Lipinski definition) is 13.